The summed E-state index contributed by atoms with van der Waals surface area (Å²) in [4.78, 5) is 20.7. The van der Waals surface area contributed by atoms with Crippen LogP contribution in [0.5, 0.6) is 0 Å². The van der Waals surface area contributed by atoms with Crippen LogP contribution < -0.4 is 5.32 Å². The van der Waals surface area contributed by atoms with E-state index < -0.39 is 6.23 Å². The first-order valence-electron chi connectivity index (χ1n) is 14.3. The molecule has 0 fully saturated rings. The van der Waals surface area contributed by atoms with Crippen LogP contribution in [0.2, 0.25) is 0 Å². The van der Waals surface area contributed by atoms with E-state index in [4.69, 9.17) is 5.11 Å². The molecule has 38 heavy (non-hydrogen) atoms. The molecule has 1 amide bonds. The zero-order valence-corrected chi connectivity index (χ0v) is 23.3. The third-order valence-electron chi connectivity index (χ3n) is 7.76. The fourth-order valence-electron chi connectivity index (χ4n) is 5.44. The molecule has 0 aromatic carbocycles. The SMILES string of the molecule is O=C1CCC(CCCCCO)CCCCc2cc(C=CC(O)N3CC=C(Cc4cccs4)CC3)cnc2N1. The fraction of sp³-hybridized carbons (Fsp3) is 0.548. The minimum absolute atomic E-state index is 0.0383. The highest BCUT2D eigenvalue weighted by atomic mass is 32.1. The molecule has 4 rings (SSSR count). The molecule has 6 nitrogen and oxygen atoms in total. The van der Waals surface area contributed by atoms with Crippen LogP contribution in [-0.2, 0) is 17.6 Å². The number of aliphatic hydroxyl groups excluding tert-OH is 2. The zero-order valence-electron chi connectivity index (χ0n) is 22.5. The van der Waals surface area contributed by atoms with Crippen molar-refractivity contribution in [3.8, 4) is 0 Å². The molecule has 2 unspecified atom stereocenters. The number of aromatic nitrogens is 1. The van der Waals surface area contributed by atoms with Gasteiger partial charge in [0.1, 0.15) is 12.0 Å². The molecule has 4 heterocycles. The third-order valence-corrected chi connectivity index (χ3v) is 8.63. The maximum Gasteiger partial charge on any atom is 0.225 e. The summed E-state index contributed by atoms with van der Waals surface area (Å²) in [6, 6.07) is 6.38. The van der Waals surface area contributed by atoms with Gasteiger partial charge in [0.15, 0.2) is 0 Å². The van der Waals surface area contributed by atoms with Gasteiger partial charge in [0, 0.05) is 43.6 Å². The zero-order chi connectivity index (χ0) is 26.6. The van der Waals surface area contributed by atoms with Gasteiger partial charge in [-0.3, -0.25) is 9.69 Å². The second kappa shape index (κ2) is 15.3. The second-order valence-electron chi connectivity index (χ2n) is 10.7. The molecule has 2 aromatic heterocycles. The highest BCUT2D eigenvalue weighted by Gasteiger charge is 2.18. The number of fused-ring (bicyclic) bond motifs is 1. The Hall–Kier alpha value is -2.32. The normalized spacial score (nSPS) is 20.4. The minimum atomic E-state index is -0.638. The van der Waals surface area contributed by atoms with Crippen LogP contribution in [0, 0.1) is 5.92 Å². The van der Waals surface area contributed by atoms with Gasteiger partial charge in [0.25, 0.3) is 0 Å². The maximum absolute atomic E-state index is 12.6. The van der Waals surface area contributed by atoms with Crippen molar-refractivity contribution in [2.24, 2.45) is 5.92 Å². The Morgan fingerprint density at radius 2 is 2.11 bits per heavy atom. The number of pyridine rings is 1. The molecule has 2 aromatic rings. The van der Waals surface area contributed by atoms with Crippen molar-refractivity contribution >= 4 is 29.1 Å². The number of nitrogens with one attached hydrogen (secondary N) is 1. The van der Waals surface area contributed by atoms with Gasteiger partial charge in [-0.15, -0.1) is 11.3 Å². The van der Waals surface area contributed by atoms with E-state index in [1.165, 1.54) is 10.5 Å². The van der Waals surface area contributed by atoms with E-state index in [0.717, 1.165) is 94.8 Å². The number of unbranched alkanes of at least 4 members (excludes halogenated alkanes) is 2. The molecular formula is C31H43N3O3S. The number of hydrogen-bond donors (Lipinski definition) is 3. The number of carbonyl (C=O) groups excluding carboxylic acids is 1. The summed E-state index contributed by atoms with van der Waals surface area (Å²) in [7, 11) is 0. The van der Waals surface area contributed by atoms with Crippen molar-refractivity contribution in [2.75, 3.05) is 25.0 Å². The van der Waals surface area contributed by atoms with Gasteiger partial charge in [0.2, 0.25) is 5.91 Å². The van der Waals surface area contributed by atoms with Gasteiger partial charge in [-0.05, 0) is 72.7 Å². The maximum atomic E-state index is 12.6. The van der Waals surface area contributed by atoms with E-state index in [0.29, 0.717) is 18.2 Å². The second-order valence-corrected chi connectivity index (χ2v) is 11.7. The van der Waals surface area contributed by atoms with Crippen LogP contribution in [0.3, 0.4) is 0 Å². The van der Waals surface area contributed by atoms with Crippen molar-refractivity contribution in [1.29, 1.82) is 0 Å². The molecule has 2 atom stereocenters. The van der Waals surface area contributed by atoms with Crippen LogP contribution in [0.25, 0.3) is 6.08 Å². The lowest BCUT2D eigenvalue weighted by Crippen LogP contribution is -2.37. The highest BCUT2D eigenvalue weighted by molar-refractivity contribution is 7.09. The van der Waals surface area contributed by atoms with Crippen molar-refractivity contribution in [1.82, 2.24) is 9.88 Å². The summed E-state index contributed by atoms with van der Waals surface area (Å²) in [5.74, 6) is 1.29. The quantitative estimate of drug-likeness (QED) is 0.257. The van der Waals surface area contributed by atoms with Crippen molar-refractivity contribution in [3.05, 3.63) is 63.5 Å². The third kappa shape index (κ3) is 9.16. The number of carbonyl (C=O) groups is 1. The van der Waals surface area contributed by atoms with Crippen LogP contribution in [0.15, 0.2) is 47.5 Å². The van der Waals surface area contributed by atoms with Crippen LogP contribution >= 0.6 is 11.3 Å². The average Bonchev–Trinajstić information content (AvgIpc) is 3.43. The van der Waals surface area contributed by atoms with E-state index in [1.54, 1.807) is 17.5 Å². The lowest BCUT2D eigenvalue weighted by atomic mass is 9.90. The van der Waals surface area contributed by atoms with Gasteiger partial charge < -0.3 is 15.5 Å². The first-order chi connectivity index (χ1) is 18.6. The van der Waals surface area contributed by atoms with Crippen molar-refractivity contribution < 1.29 is 15.0 Å². The van der Waals surface area contributed by atoms with Gasteiger partial charge >= 0.3 is 0 Å². The van der Waals surface area contributed by atoms with Crippen LogP contribution in [0.1, 0.15) is 80.2 Å². The number of thiophene rings is 1. The van der Waals surface area contributed by atoms with Crippen LogP contribution in [0.4, 0.5) is 5.82 Å². The molecule has 0 radical (unpaired) electrons. The molecular weight excluding hydrogens is 494 g/mol. The molecule has 0 saturated carbocycles. The Morgan fingerprint density at radius 1 is 1.18 bits per heavy atom. The van der Waals surface area contributed by atoms with E-state index in [2.05, 4.69) is 44.9 Å². The minimum Gasteiger partial charge on any atom is -0.396 e. The Kier molecular flexibility index (Phi) is 11.6. The number of aryl methyl sites for hydroxylation is 1. The first-order valence-corrected chi connectivity index (χ1v) is 15.2. The van der Waals surface area contributed by atoms with Gasteiger partial charge in [0.05, 0.1) is 0 Å². The van der Waals surface area contributed by atoms with Crippen LogP contribution in [-0.4, -0.2) is 51.9 Å². The Morgan fingerprint density at radius 3 is 2.89 bits per heavy atom. The number of aliphatic hydroxyl groups is 2. The monoisotopic (exact) mass is 537 g/mol. The topological polar surface area (TPSA) is 85.7 Å². The molecule has 0 bridgehead atoms. The van der Waals surface area contributed by atoms with E-state index in [1.807, 2.05) is 12.2 Å². The molecule has 0 spiro atoms. The summed E-state index contributed by atoms with van der Waals surface area (Å²) in [5, 5.41) is 25.0. The lowest BCUT2D eigenvalue weighted by Gasteiger charge is -2.29. The van der Waals surface area contributed by atoms with Gasteiger partial charge in [-0.1, -0.05) is 55.9 Å². The number of anilines is 1. The Labute approximate surface area is 231 Å². The number of rotatable bonds is 10. The molecule has 2 aliphatic heterocycles. The lowest BCUT2D eigenvalue weighted by molar-refractivity contribution is -0.116. The standard InChI is InChI=1S/C31H43N3O3S/c35-19-5-1-2-7-24-8-3-4-9-27-21-26(23-32-31(27)33-29(36)13-11-24)12-14-30(37)34-17-15-25(16-18-34)22-28-10-6-20-38-28/h6,10,12,14-15,20-21,23-24,30,35,37H,1-5,7-9,11,13,16-19,22H2,(H,32,33,36). The molecule has 2 aliphatic rings. The van der Waals surface area contributed by atoms with Crippen molar-refractivity contribution in [2.45, 2.75) is 83.3 Å². The number of amides is 1. The summed E-state index contributed by atoms with van der Waals surface area (Å²) in [6.07, 6.45) is 19.1. The van der Waals surface area contributed by atoms with Crippen molar-refractivity contribution in [3.63, 3.8) is 0 Å². The van der Waals surface area contributed by atoms with E-state index >= 15 is 0 Å². The smallest absolute Gasteiger partial charge is 0.225 e. The molecule has 0 saturated heterocycles. The average molecular weight is 538 g/mol. The summed E-state index contributed by atoms with van der Waals surface area (Å²) in [5.41, 5.74) is 3.46. The summed E-state index contributed by atoms with van der Waals surface area (Å²) < 4.78 is 0. The molecule has 7 heteroatoms. The van der Waals surface area contributed by atoms with Gasteiger partial charge in [-0.25, -0.2) is 4.98 Å². The largest absolute Gasteiger partial charge is 0.396 e. The number of nitrogens with zero attached hydrogens (tertiary/aromatic N) is 2. The molecule has 0 aliphatic carbocycles. The first kappa shape index (κ1) is 28.7. The van der Waals surface area contributed by atoms with E-state index in [9.17, 15) is 9.90 Å². The Bertz CT molecular complexity index is 1070. The summed E-state index contributed by atoms with van der Waals surface area (Å²) in [6.45, 7) is 1.87. The summed E-state index contributed by atoms with van der Waals surface area (Å²) >= 11 is 1.80. The van der Waals surface area contributed by atoms with Gasteiger partial charge in [-0.2, -0.15) is 0 Å². The van der Waals surface area contributed by atoms with E-state index in [-0.39, 0.29) is 12.5 Å². The Balaban J connectivity index is 1.31. The highest BCUT2D eigenvalue weighted by Crippen LogP contribution is 2.26. The predicted octanol–water partition coefficient (Wildman–Crippen LogP) is 5.96. The molecule has 206 valence electrons. The molecule has 3 N–H and O–H groups in total. The number of hydrogen-bond acceptors (Lipinski definition) is 6. The fourth-order valence-corrected chi connectivity index (χ4v) is 6.20. The predicted molar refractivity (Wildman–Crippen MR) is 156 cm³/mol.